The second kappa shape index (κ2) is 5.35. The van der Waals surface area contributed by atoms with Crippen molar-refractivity contribution in [3.8, 4) is 0 Å². The summed E-state index contributed by atoms with van der Waals surface area (Å²) in [7, 11) is 1.86. The van der Waals surface area contributed by atoms with Gasteiger partial charge in [-0.1, -0.05) is 0 Å². The number of hydrogen-bond acceptors (Lipinski definition) is 3. The van der Waals surface area contributed by atoms with Crippen LogP contribution in [0.1, 0.15) is 19.5 Å². The van der Waals surface area contributed by atoms with Crippen LogP contribution in [0.15, 0.2) is 18.3 Å². The second-order valence-corrected chi connectivity index (χ2v) is 4.92. The number of nitrogens with zero attached hydrogens (tertiary/aromatic N) is 3. The Labute approximate surface area is 107 Å². The minimum absolute atomic E-state index is 0.0661. The minimum atomic E-state index is 0.0661. The molecule has 2 atom stereocenters. The van der Waals surface area contributed by atoms with Crippen molar-refractivity contribution in [2.45, 2.75) is 25.9 Å². The summed E-state index contributed by atoms with van der Waals surface area (Å²) in [6.07, 6.45) is 5.16. The number of rotatable bonds is 2. The van der Waals surface area contributed by atoms with Crippen LogP contribution in [0, 0.1) is 0 Å². The third-order valence-corrected chi connectivity index (χ3v) is 3.12. The highest BCUT2D eigenvalue weighted by Crippen LogP contribution is 2.06. The number of hydrogen-bond donors (Lipinski definition) is 1. The number of amides is 1. The molecule has 1 fully saturated rings. The first kappa shape index (κ1) is 12.8. The first-order valence-electron chi connectivity index (χ1n) is 6.27. The van der Waals surface area contributed by atoms with Crippen molar-refractivity contribution in [1.29, 1.82) is 0 Å². The van der Waals surface area contributed by atoms with E-state index in [0.717, 1.165) is 18.8 Å². The quantitative estimate of drug-likeness (QED) is 0.782. The van der Waals surface area contributed by atoms with Gasteiger partial charge in [0.25, 0.3) is 0 Å². The topological polar surface area (TPSA) is 50.2 Å². The van der Waals surface area contributed by atoms with Gasteiger partial charge in [0.05, 0.1) is 5.69 Å². The summed E-state index contributed by atoms with van der Waals surface area (Å²) in [6, 6.07) is 2.58. The second-order valence-electron chi connectivity index (χ2n) is 4.92. The number of piperazine rings is 1. The van der Waals surface area contributed by atoms with Crippen molar-refractivity contribution in [2.75, 3.05) is 13.1 Å². The normalized spacial score (nSPS) is 24.7. The zero-order valence-electron chi connectivity index (χ0n) is 11.1. The molecular formula is C13H20N4O. The number of carbonyl (C=O) groups is 1. The van der Waals surface area contributed by atoms with Crippen molar-refractivity contribution in [2.24, 2.45) is 7.05 Å². The summed E-state index contributed by atoms with van der Waals surface area (Å²) < 4.78 is 1.74. The van der Waals surface area contributed by atoms with E-state index in [1.165, 1.54) is 0 Å². The zero-order valence-corrected chi connectivity index (χ0v) is 11.1. The van der Waals surface area contributed by atoms with Crippen LogP contribution in [0.5, 0.6) is 0 Å². The van der Waals surface area contributed by atoms with E-state index in [0.29, 0.717) is 12.1 Å². The van der Waals surface area contributed by atoms with Crippen LogP contribution in [0.25, 0.3) is 6.08 Å². The monoisotopic (exact) mass is 248 g/mol. The maximum absolute atomic E-state index is 12.1. The van der Waals surface area contributed by atoms with Gasteiger partial charge in [0.15, 0.2) is 0 Å². The Balaban J connectivity index is 1.99. The lowest BCUT2D eigenvalue weighted by Gasteiger charge is -2.35. The van der Waals surface area contributed by atoms with E-state index >= 15 is 0 Å². The maximum atomic E-state index is 12.1. The fourth-order valence-corrected chi connectivity index (χ4v) is 2.32. The molecule has 0 saturated carbocycles. The van der Waals surface area contributed by atoms with Gasteiger partial charge in [-0.2, -0.15) is 5.10 Å². The molecule has 2 unspecified atom stereocenters. The van der Waals surface area contributed by atoms with Gasteiger partial charge < -0.3 is 10.2 Å². The third kappa shape index (κ3) is 2.98. The molecule has 1 aliphatic heterocycles. The summed E-state index contributed by atoms with van der Waals surface area (Å²) in [4.78, 5) is 14.0. The molecule has 0 radical (unpaired) electrons. The Hall–Kier alpha value is -1.62. The highest BCUT2D eigenvalue weighted by molar-refractivity contribution is 5.91. The van der Waals surface area contributed by atoms with Crippen molar-refractivity contribution in [3.63, 3.8) is 0 Å². The summed E-state index contributed by atoms with van der Waals surface area (Å²) in [5, 5.41) is 7.47. The van der Waals surface area contributed by atoms with Crippen molar-refractivity contribution >= 4 is 12.0 Å². The molecule has 0 spiro atoms. The van der Waals surface area contributed by atoms with Crippen LogP contribution in [-0.4, -0.2) is 45.8 Å². The number of carbonyl (C=O) groups excluding carboxylic acids is 1. The molecule has 0 aliphatic carbocycles. The number of aromatic nitrogens is 2. The van der Waals surface area contributed by atoms with Crippen molar-refractivity contribution in [3.05, 3.63) is 24.0 Å². The van der Waals surface area contributed by atoms with Crippen LogP contribution in [0.3, 0.4) is 0 Å². The molecule has 1 aromatic rings. The lowest BCUT2D eigenvalue weighted by molar-refractivity contribution is -0.127. The predicted molar refractivity (Wildman–Crippen MR) is 70.9 cm³/mol. The van der Waals surface area contributed by atoms with Crippen LogP contribution < -0.4 is 5.32 Å². The van der Waals surface area contributed by atoms with Crippen LogP contribution >= 0.6 is 0 Å². The largest absolute Gasteiger partial charge is 0.336 e. The molecule has 5 heteroatoms. The van der Waals surface area contributed by atoms with Gasteiger partial charge in [-0.05, 0) is 26.0 Å². The molecule has 0 aromatic carbocycles. The summed E-state index contributed by atoms with van der Waals surface area (Å²) in [6.45, 7) is 5.72. The van der Waals surface area contributed by atoms with Crippen molar-refractivity contribution < 1.29 is 4.79 Å². The summed E-state index contributed by atoms with van der Waals surface area (Å²) >= 11 is 0. The average molecular weight is 248 g/mol. The Morgan fingerprint density at radius 3 is 2.67 bits per heavy atom. The Bertz CT molecular complexity index is 442. The van der Waals surface area contributed by atoms with E-state index in [9.17, 15) is 4.79 Å². The molecule has 1 amide bonds. The van der Waals surface area contributed by atoms with Crippen LogP contribution in [0.2, 0.25) is 0 Å². The minimum Gasteiger partial charge on any atom is -0.336 e. The Morgan fingerprint density at radius 2 is 2.11 bits per heavy atom. The number of aryl methyl sites for hydroxylation is 1. The molecule has 98 valence electrons. The van der Waals surface area contributed by atoms with Crippen LogP contribution in [-0.2, 0) is 11.8 Å². The molecule has 18 heavy (non-hydrogen) atoms. The van der Waals surface area contributed by atoms with Crippen LogP contribution in [0.4, 0.5) is 0 Å². The third-order valence-electron chi connectivity index (χ3n) is 3.12. The molecule has 0 bridgehead atoms. The molecule has 1 saturated heterocycles. The smallest absolute Gasteiger partial charge is 0.246 e. The van der Waals surface area contributed by atoms with E-state index in [1.807, 2.05) is 24.1 Å². The van der Waals surface area contributed by atoms with Gasteiger partial charge in [-0.3, -0.25) is 9.48 Å². The lowest BCUT2D eigenvalue weighted by atomic mass is 10.1. The molecule has 2 heterocycles. The van der Waals surface area contributed by atoms with Gasteiger partial charge in [-0.25, -0.2) is 0 Å². The lowest BCUT2D eigenvalue weighted by Crippen LogP contribution is -2.55. The SMILES string of the molecule is CC1CN(C(=O)C=Cc2ccnn2C)CC(C)N1. The Morgan fingerprint density at radius 1 is 1.44 bits per heavy atom. The highest BCUT2D eigenvalue weighted by Gasteiger charge is 2.23. The first-order chi connectivity index (χ1) is 8.56. The molecule has 1 aromatic heterocycles. The van der Waals surface area contributed by atoms with Gasteiger partial charge in [0.2, 0.25) is 5.91 Å². The first-order valence-corrected chi connectivity index (χ1v) is 6.27. The van der Waals surface area contributed by atoms with Gasteiger partial charge >= 0.3 is 0 Å². The molecule has 1 aliphatic rings. The van der Waals surface area contributed by atoms with Gasteiger partial charge in [0.1, 0.15) is 0 Å². The van der Waals surface area contributed by atoms with E-state index in [4.69, 9.17) is 0 Å². The van der Waals surface area contributed by atoms with E-state index in [-0.39, 0.29) is 5.91 Å². The predicted octanol–water partition coefficient (Wildman–Crippen LogP) is 0.642. The summed E-state index contributed by atoms with van der Waals surface area (Å²) in [5.41, 5.74) is 0.930. The fraction of sp³-hybridized carbons (Fsp3) is 0.538. The molecular weight excluding hydrogens is 228 g/mol. The standard InChI is InChI=1S/C13H20N4O/c1-10-8-17(9-11(2)15-10)13(18)5-4-12-6-7-14-16(12)3/h4-7,10-11,15H,8-9H2,1-3H3. The zero-order chi connectivity index (χ0) is 13.1. The van der Waals surface area contributed by atoms with Gasteiger partial charge in [-0.15, -0.1) is 0 Å². The highest BCUT2D eigenvalue weighted by atomic mass is 16.2. The fourth-order valence-electron chi connectivity index (χ4n) is 2.32. The average Bonchev–Trinajstić information content (AvgIpc) is 2.70. The summed E-state index contributed by atoms with van der Waals surface area (Å²) in [5.74, 6) is 0.0661. The molecule has 2 rings (SSSR count). The van der Waals surface area contributed by atoms with E-state index in [2.05, 4.69) is 24.3 Å². The number of nitrogens with one attached hydrogen (secondary N) is 1. The maximum Gasteiger partial charge on any atom is 0.246 e. The molecule has 5 nitrogen and oxygen atoms in total. The van der Waals surface area contributed by atoms with E-state index < -0.39 is 0 Å². The Kier molecular flexibility index (Phi) is 3.81. The molecule has 1 N–H and O–H groups in total. The van der Waals surface area contributed by atoms with E-state index in [1.54, 1.807) is 17.0 Å². The van der Waals surface area contributed by atoms with Gasteiger partial charge in [0, 0.05) is 44.5 Å². The van der Waals surface area contributed by atoms with Crippen molar-refractivity contribution in [1.82, 2.24) is 20.0 Å².